The molecule has 114 valence electrons. The fourth-order valence-corrected chi connectivity index (χ4v) is 2.09. The Morgan fingerprint density at radius 3 is 2.64 bits per heavy atom. The van der Waals surface area contributed by atoms with E-state index in [2.05, 4.69) is 25.8 Å². The number of esters is 1. The summed E-state index contributed by atoms with van der Waals surface area (Å²) in [6, 6.07) is 11.4. The van der Waals surface area contributed by atoms with Crippen molar-refractivity contribution in [2.24, 2.45) is 5.16 Å². The highest BCUT2D eigenvalue weighted by Gasteiger charge is 2.03. The minimum absolute atomic E-state index is 0.232. The second kappa shape index (κ2) is 7.70. The minimum Gasteiger partial charge on any atom is -0.465 e. The molecule has 2 rings (SSSR count). The van der Waals surface area contributed by atoms with Gasteiger partial charge in [0, 0.05) is 0 Å². The van der Waals surface area contributed by atoms with Crippen LogP contribution >= 0.6 is 15.9 Å². The van der Waals surface area contributed by atoms with Crippen molar-refractivity contribution in [1.29, 1.82) is 0 Å². The van der Waals surface area contributed by atoms with E-state index in [4.69, 9.17) is 4.84 Å². The van der Waals surface area contributed by atoms with E-state index in [1.54, 1.807) is 36.4 Å². The van der Waals surface area contributed by atoms with Gasteiger partial charge in [-0.2, -0.15) is 0 Å². The Hall–Kier alpha value is -2.21. The van der Waals surface area contributed by atoms with Crippen LogP contribution in [0, 0.1) is 5.82 Å². The Labute approximate surface area is 135 Å². The summed E-state index contributed by atoms with van der Waals surface area (Å²) in [6.45, 7) is 0.232. The van der Waals surface area contributed by atoms with Crippen LogP contribution in [0.5, 0.6) is 0 Å². The van der Waals surface area contributed by atoms with E-state index < -0.39 is 0 Å². The Bertz CT molecular complexity index is 686. The van der Waals surface area contributed by atoms with Gasteiger partial charge < -0.3 is 9.57 Å². The first-order chi connectivity index (χ1) is 10.6. The topological polar surface area (TPSA) is 47.9 Å². The molecule has 0 N–H and O–H groups in total. The lowest BCUT2D eigenvalue weighted by Crippen LogP contribution is -2.00. The summed E-state index contributed by atoms with van der Waals surface area (Å²) in [7, 11) is 1.33. The number of carbonyl (C=O) groups excluding carboxylic acids is 1. The van der Waals surface area contributed by atoms with Gasteiger partial charge in [0.15, 0.2) is 0 Å². The summed E-state index contributed by atoms with van der Waals surface area (Å²) >= 11 is 3.11. The Balaban J connectivity index is 1.89. The summed E-state index contributed by atoms with van der Waals surface area (Å²) in [4.78, 5) is 16.4. The van der Waals surface area contributed by atoms with Gasteiger partial charge in [-0.25, -0.2) is 9.18 Å². The van der Waals surface area contributed by atoms with E-state index in [0.717, 1.165) is 11.1 Å². The number of benzene rings is 2. The van der Waals surface area contributed by atoms with Gasteiger partial charge in [0.1, 0.15) is 12.4 Å². The zero-order chi connectivity index (χ0) is 15.9. The van der Waals surface area contributed by atoms with Crippen molar-refractivity contribution in [1.82, 2.24) is 0 Å². The molecule has 6 heteroatoms. The first-order valence-corrected chi connectivity index (χ1v) is 7.17. The van der Waals surface area contributed by atoms with E-state index in [-0.39, 0.29) is 18.4 Å². The van der Waals surface area contributed by atoms with E-state index in [1.165, 1.54) is 19.4 Å². The largest absolute Gasteiger partial charge is 0.465 e. The van der Waals surface area contributed by atoms with Crippen molar-refractivity contribution in [3.05, 3.63) is 69.4 Å². The number of methoxy groups -OCH3 is 1. The van der Waals surface area contributed by atoms with Crippen LogP contribution in [0.25, 0.3) is 0 Å². The Morgan fingerprint density at radius 1 is 1.27 bits per heavy atom. The van der Waals surface area contributed by atoms with Gasteiger partial charge in [-0.3, -0.25) is 0 Å². The number of ether oxygens (including phenoxy) is 1. The van der Waals surface area contributed by atoms with Gasteiger partial charge in [0.05, 0.1) is 23.4 Å². The molecule has 0 unspecified atom stereocenters. The van der Waals surface area contributed by atoms with Gasteiger partial charge >= 0.3 is 5.97 Å². The number of hydrogen-bond acceptors (Lipinski definition) is 4. The third-order valence-electron chi connectivity index (χ3n) is 2.82. The Morgan fingerprint density at radius 2 is 2.00 bits per heavy atom. The van der Waals surface area contributed by atoms with Gasteiger partial charge in [-0.05, 0) is 51.3 Å². The lowest BCUT2D eigenvalue weighted by Gasteiger charge is -2.02. The SMILES string of the molecule is COC(=O)c1ccc(/C=N/OCc2ccc(F)c(Br)c2)cc1. The number of nitrogens with zero attached hydrogens (tertiary/aromatic N) is 1. The van der Waals surface area contributed by atoms with Crippen LogP contribution in [0.3, 0.4) is 0 Å². The average molecular weight is 366 g/mol. The second-order valence-electron chi connectivity index (χ2n) is 4.37. The molecular weight excluding hydrogens is 353 g/mol. The summed E-state index contributed by atoms with van der Waals surface area (Å²) < 4.78 is 18.1. The third kappa shape index (κ3) is 4.39. The predicted molar refractivity (Wildman–Crippen MR) is 84.3 cm³/mol. The van der Waals surface area contributed by atoms with E-state index in [9.17, 15) is 9.18 Å². The van der Waals surface area contributed by atoms with Crippen molar-refractivity contribution in [2.75, 3.05) is 7.11 Å². The number of rotatable bonds is 5. The van der Waals surface area contributed by atoms with Crippen LogP contribution in [0.4, 0.5) is 4.39 Å². The molecule has 0 spiro atoms. The Kier molecular flexibility index (Phi) is 5.66. The standard InChI is InChI=1S/C16H13BrFNO3/c1-21-16(20)13-5-2-11(3-6-13)9-19-22-10-12-4-7-15(18)14(17)8-12/h2-9H,10H2,1H3/b19-9+. The third-order valence-corrected chi connectivity index (χ3v) is 3.43. The minimum atomic E-state index is -0.387. The predicted octanol–water partition coefficient (Wildman–Crippen LogP) is 3.93. The van der Waals surface area contributed by atoms with Crippen molar-refractivity contribution in [2.45, 2.75) is 6.61 Å². The zero-order valence-electron chi connectivity index (χ0n) is 11.8. The highest BCUT2D eigenvalue weighted by atomic mass is 79.9. The molecule has 0 aliphatic rings. The highest BCUT2D eigenvalue weighted by Crippen LogP contribution is 2.17. The number of oxime groups is 1. The first-order valence-electron chi connectivity index (χ1n) is 6.38. The van der Waals surface area contributed by atoms with Crippen molar-refractivity contribution in [3.8, 4) is 0 Å². The molecule has 0 heterocycles. The van der Waals surface area contributed by atoms with Gasteiger partial charge in [0.2, 0.25) is 0 Å². The van der Waals surface area contributed by atoms with E-state index in [0.29, 0.717) is 10.0 Å². The first kappa shape index (κ1) is 16.2. The number of hydrogen-bond donors (Lipinski definition) is 0. The molecule has 0 fully saturated rings. The van der Waals surface area contributed by atoms with Crippen LogP contribution in [0.2, 0.25) is 0 Å². The molecule has 0 radical (unpaired) electrons. The molecule has 4 nitrogen and oxygen atoms in total. The quantitative estimate of drug-likeness (QED) is 0.458. The van der Waals surface area contributed by atoms with Gasteiger partial charge in [0.25, 0.3) is 0 Å². The van der Waals surface area contributed by atoms with Crippen LogP contribution in [0.1, 0.15) is 21.5 Å². The molecule has 0 aromatic heterocycles. The van der Waals surface area contributed by atoms with E-state index in [1.807, 2.05) is 0 Å². The molecule has 0 atom stereocenters. The average Bonchev–Trinajstić information content (AvgIpc) is 2.54. The van der Waals surface area contributed by atoms with Crippen LogP contribution in [-0.2, 0) is 16.2 Å². The number of carbonyl (C=O) groups is 1. The lowest BCUT2D eigenvalue weighted by molar-refractivity contribution is 0.0600. The molecule has 0 aliphatic carbocycles. The maximum atomic E-state index is 13.1. The molecule has 0 amide bonds. The van der Waals surface area contributed by atoms with Gasteiger partial charge in [-0.15, -0.1) is 0 Å². The highest BCUT2D eigenvalue weighted by molar-refractivity contribution is 9.10. The van der Waals surface area contributed by atoms with Crippen molar-refractivity contribution in [3.63, 3.8) is 0 Å². The van der Waals surface area contributed by atoms with Crippen molar-refractivity contribution < 1.29 is 18.8 Å². The number of halogens is 2. The molecule has 2 aromatic carbocycles. The zero-order valence-corrected chi connectivity index (χ0v) is 13.3. The van der Waals surface area contributed by atoms with E-state index >= 15 is 0 Å². The van der Waals surface area contributed by atoms with Crippen LogP contribution in [-0.4, -0.2) is 19.3 Å². The summed E-state index contributed by atoms with van der Waals surface area (Å²) in [5.74, 6) is -0.709. The summed E-state index contributed by atoms with van der Waals surface area (Å²) in [6.07, 6.45) is 1.53. The molecule has 2 aromatic rings. The normalized spacial score (nSPS) is 10.7. The second-order valence-corrected chi connectivity index (χ2v) is 5.22. The molecule has 0 saturated heterocycles. The lowest BCUT2D eigenvalue weighted by atomic mass is 10.1. The van der Waals surface area contributed by atoms with Crippen LogP contribution < -0.4 is 0 Å². The fourth-order valence-electron chi connectivity index (χ4n) is 1.66. The smallest absolute Gasteiger partial charge is 0.337 e. The van der Waals surface area contributed by atoms with Crippen molar-refractivity contribution >= 4 is 28.1 Å². The maximum Gasteiger partial charge on any atom is 0.337 e. The van der Waals surface area contributed by atoms with Gasteiger partial charge in [-0.1, -0.05) is 23.4 Å². The molecule has 0 saturated carbocycles. The fraction of sp³-hybridized carbons (Fsp3) is 0.125. The van der Waals surface area contributed by atoms with Crippen LogP contribution in [0.15, 0.2) is 52.1 Å². The molecular formula is C16H13BrFNO3. The molecule has 0 aliphatic heterocycles. The summed E-state index contributed by atoms with van der Waals surface area (Å²) in [5.41, 5.74) is 2.05. The molecule has 0 bridgehead atoms. The monoisotopic (exact) mass is 365 g/mol. The molecule has 22 heavy (non-hydrogen) atoms. The maximum absolute atomic E-state index is 13.1. The summed E-state index contributed by atoms with van der Waals surface area (Å²) in [5, 5.41) is 3.83.